The van der Waals surface area contributed by atoms with Gasteiger partial charge in [-0.05, 0) is 23.8 Å². The number of halogens is 3. The van der Waals surface area contributed by atoms with Crippen molar-refractivity contribution in [1.29, 1.82) is 0 Å². The van der Waals surface area contributed by atoms with Gasteiger partial charge in [-0.3, -0.25) is 9.59 Å². The molecule has 0 spiro atoms. The lowest BCUT2D eigenvalue weighted by atomic mass is 10.0. The van der Waals surface area contributed by atoms with Crippen LogP contribution in [0.3, 0.4) is 0 Å². The highest BCUT2D eigenvalue weighted by Crippen LogP contribution is 2.18. The highest BCUT2D eigenvalue weighted by molar-refractivity contribution is 6.01. The Morgan fingerprint density at radius 2 is 1.50 bits per heavy atom. The van der Waals surface area contributed by atoms with Gasteiger partial charge in [0.2, 0.25) is 5.91 Å². The van der Waals surface area contributed by atoms with Crippen LogP contribution in [0.15, 0.2) is 60.8 Å². The number of hydrogen-bond donors (Lipinski definition) is 2. The van der Waals surface area contributed by atoms with Crippen molar-refractivity contribution in [1.82, 2.24) is 5.32 Å². The fourth-order valence-electron chi connectivity index (χ4n) is 2.81. The maximum atomic E-state index is 12.9. The lowest BCUT2D eigenvalue weighted by molar-refractivity contribution is -0.165. The first-order chi connectivity index (χ1) is 16.0. The second-order valence-corrected chi connectivity index (χ2v) is 6.88. The van der Waals surface area contributed by atoms with Crippen molar-refractivity contribution in [3.63, 3.8) is 0 Å². The van der Waals surface area contributed by atoms with Crippen molar-refractivity contribution in [2.75, 3.05) is 19.5 Å². The molecule has 0 radical (unpaired) electrons. The van der Waals surface area contributed by atoms with Gasteiger partial charge < -0.3 is 20.1 Å². The summed E-state index contributed by atoms with van der Waals surface area (Å²) in [4.78, 5) is 47.9. The molecule has 2 rings (SSSR count). The number of ketones is 1. The summed E-state index contributed by atoms with van der Waals surface area (Å²) in [6, 6.07) is 11.2. The number of allylic oxidation sites excluding steroid dienone is 1. The smallest absolute Gasteiger partial charge is 0.454 e. The molecule has 0 heterocycles. The maximum absolute atomic E-state index is 12.9. The van der Waals surface area contributed by atoms with Crippen LogP contribution in [0.1, 0.15) is 26.3 Å². The number of hydrogen-bond acceptors (Lipinski definition) is 7. The van der Waals surface area contributed by atoms with Gasteiger partial charge in [0.1, 0.15) is 6.04 Å². The summed E-state index contributed by atoms with van der Waals surface area (Å²) < 4.78 is 46.6. The number of carbonyl (C=O) groups is 4. The molecule has 1 atom stereocenters. The van der Waals surface area contributed by atoms with Crippen LogP contribution in [-0.4, -0.2) is 50.1 Å². The third kappa shape index (κ3) is 7.47. The van der Waals surface area contributed by atoms with Crippen LogP contribution >= 0.6 is 0 Å². The van der Waals surface area contributed by atoms with Gasteiger partial charge in [-0.15, -0.1) is 0 Å². The van der Waals surface area contributed by atoms with Crippen LogP contribution < -0.4 is 10.6 Å². The van der Waals surface area contributed by atoms with Gasteiger partial charge in [-0.2, -0.15) is 13.2 Å². The van der Waals surface area contributed by atoms with Gasteiger partial charge in [-0.25, -0.2) is 9.59 Å². The van der Waals surface area contributed by atoms with Gasteiger partial charge in [0.25, 0.3) is 5.78 Å². The largest absolute Gasteiger partial charge is 0.465 e. The first kappa shape index (κ1) is 26.1. The number of methoxy groups -OCH3 is 2. The standard InChI is InChI=1S/C23H21F3N2O6/c1-33-21(31)15-11-16(22(32)34-2)13-17(12-15)28-20(30)18(10-14-6-4-3-5-7-14)27-9-8-19(29)23(24,25)26/h3-9,11-13,18,27H,10H2,1-2H3,(H,28,30)/b9-8+. The number of amides is 1. The minimum atomic E-state index is -5.05. The average Bonchev–Trinajstić information content (AvgIpc) is 2.81. The Morgan fingerprint density at radius 3 is 2.00 bits per heavy atom. The molecule has 0 fully saturated rings. The minimum absolute atomic E-state index is 0.0380. The highest BCUT2D eigenvalue weighted by atomic mass is 19.4. The Bertz CT molecular complexity index is 1050. The lowest BCUT2D eigenvalue weighted by Crippen LogP contribution is -2.40. The maximum Gasteiger partial charge on any atom is 0.454 e. The number of nitrogens with one attached hydrogen (secondary N) is 2. The van der Waals surface area contributed by atoms with Crippen molar-refractivity contribution >= 4 is 29.3 Å². The second kappa shape index (κ2) is 11.6. The molecule has 2 aromatic carbocycles. The SMILES string of the molecule is COC(=O)c1cc(NC(=O)C(Cc2ccccc2)N/C=C/C(=O)C(F)(F)F)cc(C(=O)OC)c1. The quantitative estimate of drug-likeness (QED) is 0.421. The molecular formula is C23H21F3N2O6. The molecule has 0 saturated carbocycles. The number of carbonyl (C=O) groups excluding carboxylic acids is 4. The molecule has 11 heteroatoms. The predicted octanol–water partition coefficient (Wildman–Crippen LogP) is 3.04. The summed E-state index contributed by atoms with van der Waals surface area (Å²) in [7, 11) is 2.28. The molecular weight excluding hydrogens is 457 g/mol. The van der Waals surface area contributed by atoms with Crippen LogP contribution in [-0.2, 0) is 25.5 Å². The molecule has 34 heavy (non-hydrogen) atoms. The molecule has 0 aromatic heterocycles. The zero-order valence-corrected chi connectivity index (χ0v) is 18.1. The third-order valence-corrected chi connectivity index (χ3v) is 4.45. The Morgan fingerprint density at radius 1 is 0.941 bits per heavy atom. The third-order valence-electron chi connectivity index (χ3n) is 4.45. The fraction of sp³-hybridized carbons (Fsp3) is 0.217. The Hall–Kier alpha value is -4.15. The van der Waals surface area contributed by atoms with Gasteiger partial charge in [0.15, 0.2) is 0 Å². The molecule has 1 unspecified atom stereocenters. The minimum Gasteiger partial charge on any atom is -0.465 e. The lowest BCUT2D eigenvalue weighted by Gasteiger charge is -2.18. The van der Waals surface area contributed by atoms with E-state index in [9.17, 15) is 32.3 Å². The van der Waals surface area contributed by atoms with E-state index in [4.69, 9.17) is 0 Å². The molecule has 0 aliphatic heterocycles. The number of ether oxygens (including phenoxy) is 2. The van der Waals surface area contributed by atoms with Crippen LogP contribution in [0.5, 0.6) is 0 Å². The van der Waals surface area contributed by atoms with E-state index in [0.717, 1.165) is 20.4 Å². The monoisotopic (exact) mass is 478 g/mol. The van der Waals surface area contributed by atoms with E-state index in [2.05, 4.69) is 20.1 Å². The van der Waals surface area contributed by atoms with Crippen molar-refractivity contribution in [3.8, 4) is 0 Å². The van der Waals surface area contributed by atoms with Crippen LogP contribution in [0.25, 0.3) is 0 Å². The summed E-state index contributed by atoms with van der Waals surface area (Å²) in [6.45, 7) is 0. The normalized spacial score (nSPS) is 12.0. The van der Waals surface area contributed by atoms with Gasteiger partial charge in [0, 0.05) is 24.4 Å². The molecule has 180 valence electrons. The molecule has 0 bridgehead atoms. The Labute approximate surface area is 192 Å². The molecule has 0 aliphatic carbocycles. The predicted molar refractivity (Wildman–Crippen MR) is 115 cm³/mol. The van der Waals surface area contributed by atoms with E-state index in [1.807, 2.05) is 0 Å². The highest BCUT2D eigenvalue weighted by Gasteiger charge is 2.36. The molecule has 1 amide bonds. The summed E-state index contributed by atoms with van der Waals surface area (Å²) in [6.07, 6.45) is -3.97. The summed E-state index contributed by atoms with van der Waals surface area (Å²) in [5.74, 6) is -4.33. The van der Waals surface area contributed by atoms with Crippen LogP contribution in [0, 0.1) is 0 Å². The van der Waals surface area contributed by atoms with E-state index in [0.29, 0.717) is 5.56 Å². The molecule has 2 aromatic rings. The summed E-state index contributed by atoms with van der Waals surface area (Å²) in [5, 5.41) is 5.00. The molecule has 8 nitrogen and oxygen atoms in total. The summed E-state index contributed by atoms with van der Waals surface area (Å²) >= 11 is 0. The van der Waals surface area contributed by atoms with Crippen LogP contribution in [0.4, 0.5) is 18.9 Å². The topological polar surface area (TPSA) is 111 Å². The van der Waals surface area contributed by atoms with Crippen LogP contribution in [0.2, 0.25) is 0 Å². The molecule has 0 saturated heterocycles. The Balaban J connectivity index is 2.31. The van der Waals surface area contributed by atoms with Crippen molar-refractivity contribution in [2.24, 2.45) is 0 Å². The fourth-order valence-corrected chi connectivity index (χ4v) is 2.81. The second-order valence-electron chi connectivity index (χ2n) is 6.88. The number of alkyl halides is 3. The van der Waals surface area contributed by atoms with E-state index in [-0.39, 0.29) is 29.3 Å². The van der Waals surface area contributed by atoms with Crippen molar-refractivity contribution in [2.45, 2.75) is 18.6 Å². The van der Waals surface area contributed by atoms with E-state index >= 15 is 0 Å². The number of anilines is 1. The van der Waals surface area contributed by atoms with Crippen molar-refractivity contribution in [3.05, 3.63) is 77.5 Å². The van der Waals surface area contributed by atoms with E-state index in [1.54, 1.807) is 30.3 Å². The zero-order chi connectivity index (χ0) is 25.3. The average molecular weight is 478 g/mol. The number of benzene rings is 2. The first-order valence-electron chi connectivity index (χ1n) is 9.75. The zero-order valence-electron chi connectivity index (χ0n) is 18.1. The van der Waals surface area contributed by atoms with E-state index in [1.165, 1.54) is 18.2 Å². The van der Waals surface area contributed by atoms with Gasteiger partial charge in [0.05, 0.1) is 25.3 Å². The van der Waals surface area contributed by atoms with Gasteiger partial charge in [-0.1, -0.05) is 30.3 Å². The number of rotatable bonds is 9. The van der Waals surface area contributed by atoms with Gasteiger partial charge >= 0.3 is 18.1 Å². The number of esters is 2. The molecule has 2 N–H and O–H groups in total. The van der Waals surface area contributed by atoms with E-state index < -0.39 is 35.8 Å². The molecule has 0 aliphatic rings. The summed E-state index contributed by atoms with van der Waals surface area (Å²) in [5.41, 5.74) is 0.653. The van der Waals surface area contributed by atoms with Crippen molar-refractivity contribution < 1.29 is 41.8 Å². The Kier molecular flexibility index (Phi) is 8.94. The first-order valence-corrected chi connectivity index (χ1v) is 9.75.